The molecule has 2 amide bonds. The molecular formula is C12H18N4O4. The minimum Gasteiger partial charge on any atom is -0.493 e. The summed E-state index contributed by atoms with van der Waals surface area (Å²) in [7, 11) is 0. The number of hydrogen-bond acceptors (Lipinski definition) is 6. The van der Waals surface area contributed by atoms with Gasteiger partial charge in [-0.25, -0.2) is 11.7 Å². The molecule has 0 spiro atoms. The molecule has 0 saturated heterocycles. The van der Waals surface area contributed by atoms with E-state index in [1.54, 1.807) is 24.3 Å². The molecule has 0 heterocycles. The fraction of sp³-hybridized carbons (Fsp3) is 0.333. The van der Waals surface area contributed by atoms with E-state index in [1.807, 2.05) is 10.9 Å². The summed E-state index contributed by atoms with van der Waals surface area (Å²) in [5, 5.41) is 0. The molecule has 110 valence electrons. The lowest BCUT2D eigenvalue weighted by Crippen LogP contribution is -2.31. The summed E-state index contributed by atoms with van der Waals surface area (Å²) in [5.41, 5.74) is 4.03. The van der Waals surface area contributed by atoms with Crippen molar-refractivity contribution in [3.63, 3.8) is 0 Å². The van der Waals surface area contributed by atoms with E-state index < -0.39 is 0 Å². The first-order chi connectivity index (χ1) is 9.65. The number of hydrogen-bond donors (Lipinski definition) is 4. The first-order valence-electron chi connectivity index (χ1n) is 6.00. The third-order valence-electron chi connectivity index (χ3n) is 2.34. The number of hydrazine groups is 2. The molecule has 0 radical (unpaired) electrons. The maximum atomic E-state index is 10.9. The van der Waals surface area contributed by atoms with Crippen LogP contribution in [0.25, 0.3) is 0 Å². The lowest BCUT2D eigenvalue weighted by Gasteiger charge is -2.08. The van der Waals surface area contributed by atoms with Crippen LogP contribution in [0.5, 0.6) is 11.5 Å². The predicted octanol–water partition coefficient (Wildman–Crippen LogP) is -0.796. The van der Waals surface area contributed by atoms with Crippen LogP contribution in [0.1, 0.15) is 12.8 Å². The molecule has 6 N–H and O–H groups in total. The van der Waals surface area contributed by atoms with Crippen molar-refractivity contribution in [2.24, 2.45) is 11.7 Å². The molecule has 8 heteroatoms. The van der Waals surface area contributed by atoms with Gasteiger partial charge >= 0.3 is 0 Å². The molecule has 8 nitrogen and oxygen atoms in total. The molecule has 1 aromatic rings. The molecular weight excluding hydrogens is 264 g/mol. The van der Waals surface area contributed by atoms with Crippen LogP contribution in [-0.2, 0) is 9.59 Å². The van der Waals surface area contributed by atoms with E-state index in [0.717, 1.165) is 0 Å². The van der Waals surface area contributed by atoms with Gasteiger partial charge < -0.3 is 9.47 Å². The van der Waals surface area contributed by atoms with Crippen molar-refractivity contribution in [1.82, 2.24) is 10.9 Å². The van der Waals surface area contributed by atoms with E-state index >= 15 is 0 Å². The van der Waals surface area contributed by atoms with E-state index in [-0.39, 0.29) is 37.9 Å². The Hall–Kier alpha value is -2.32. The molecule has 0 aliphatic rings. The van der Waals surface area contributed by atoms with Crippen molar-refractivity contribution in [2.75, 3.05) is 13.2 Å². The van der Waals surface area contributed by atoms with E-state index in [4.69, 9.17) is 21.2 Å². The van der Waals surface area contributed by atoms with Crippen molar-refractivity contribution in [2.45, 2.75) is 12.8 Å². The van der Waals surface area contributed by atoms with Gasteiger partial charge in [0, 0.05) is 0 Å². The van der Waals surface area contributed by atoms with Crippen LogP contribution < -0.4 is 32.0 Å². The summed E-state index contributed by atoms with van der Waals surface area (Å²) >= 11 is 0. The molecule has 1 rings (SSSR count). The Morgan fingerprint density at radius 3 is 1.50 bits per heavy atom. The normalized spacial score (nSPS) is 9.70. The lowest BCUT2D eigenvalue weighted by atomic mass is 10.3. The molecule has 0 aliphatic carbocycles. The van der Waals surface area contributed by atoms with Gasteiger partial charge in [-0.05, 0) is 24.3 Å². The number of carbonyl (C=O) groups is 2. The number of amides is 2. The molecule has 0 atom stereocenters. The maximum Gasteiger partial charge on any atom is 0.237 e. The maximum absolute atomic E-state index is 10.9. The third-order valence-corrected chi connectivity index (χ3v) is 2.34. The first-order valence-corrected chi connectivity index (χ1v) is 6.00. The average Bonchev–Trinajstić information content (AvgIpc) is 2.48. The van der Waals surface area contributed by atoms with Gasteiger partial charge in [0.25, 0.3) is 0 Å². The molecule has 0 bridgehead atoms. The second kappa shape index (κ2) is 8.73. The molecule has 0 saturated carbocycles. The highest BCUT2D eigenvalue weighted by atomic mass is 16.5. The summed E-state index contributed by atoms with van der Waals surface area (Å²) in [6.45, 7) is 0.472. The van der Waals surface area contributed by atoms with Gasteiger partial charge in [-0.1, -0.05) is 0 Å². The van der Waals surface area contributed by atoms with E-state index in [9.17, 15) is 9.59 Å². The van der Waals surface area contributed by atoms with Crippen molar-refractivity contribution < 1.29 is 19.1 Å². The monoisotopic (exact) mass is 282 g/mol. The Balaban J connectivity index is 2.29. The van der Waals surface area contributed by atoms with E-state index in [1.165, 1.54) is 0 Å². The Labute approximate surface area is 116 Å². The van der Waals surface area contributed by atoms with Crippen LogP contribution in [0.3, 0.4) is 0 Å². The Kier molecular flexibility index (Phi) is 6.87. The van der Waals surface area contributed by atoms with E-state index in [2.05, 4.69) is 0 Å². The quantitative estimate of drug-likeness (QED) is 0.281. The number of ether oxygens (including phenoxy) is 2. The van der Waals surface area contributed by atoms with Gasteiger partial charge in [-0.3, -0.25) is 20.4 Å². The van der Waals surface area contributed by atoms with Crippen LogP contribution >= 0.6 is 0 Å². The van der Waals surface area contributed by atoms with Gasteiger partial charge in [-0.15, -0.1) is 0 Å². The SMILES string of the molecule is NNC(=O)CCOc1ccc(OCCC(=O)NN)cc1. The van der Waals surface area contributed by atoms with Gasteiger partial charge in [0.05, 0.1) is 26.1 Å². The van der Waals surface area contributed by atoms with Crippen LogP contribution in [0.4, 0.5) is 0 Å². The van der Waals surface area contributed by atoms with Crippen molar-refractivity contribution in [3.8, 4) is 11.5 Å². The van der Waals surface area contributed by atoms with Crippen LogP contribution in [0, 0.1) is 0 Å². The zero-order valence-corrected chi connectivity index (χ0v) is 10.9. The molecule has 0 unspecified atom stereocenters. The topological polar surface area (TPSA) is 129 Å². The van der Waals surface area contributed by atoms with Crippen LogP contribution in [0.15, 0.2) is 24.3 Å². The number of nitrogens with two attached hydrogens (primary N) is 2. The zero-order chi connectivity index (χ0) is 14.8. The zero-order valence-electron chi connectivity index (χ0n) is 10.9. The second-order valence-electron chi connectivity index (χ2n) is 3.80. The lowest BCUT2D eigenvalue weighted by molar-refractivity contribution is -0.122. The first kappa shape index (κ1) is 15.7. The highest BCUT2D eigenvalue weighted by molar-refractivity contribution is 5.75. The van der Waals surface area contributed by atoms with Gasteiger partial charge in [0.2, 0.25) is 11.8 Å². The largest absolute Gasteiger partial charge is 0.493 e. The average molecular weight is 282 g/mol. The summed E-state index contributed by atoms with van der Waals surface area (Å²) in [6.07, 6.45) is 0.367. The number of carbonyl (C=O) groups excluding carboxylic acids is 2. The smallest absolute Gasteiger partial charge is 0.237 e. The summed E-state index contributed by atoms with van der Waals surface area (Å²) in [6, 6.07) is 6.83. The number of rotatable bonds is 8. The Morgan fingerprint density at radius 2 is 1.20 bits per heavy atom. The molecule has 0 aliphatic heterocycles. The molecule has 0 fully saturated rings. The summed E-state index contributed by atoms with van der Waals surface area (Å²) < 4.78 is 10.7. The minimum absolute atomic E-state index is 0.183. The molecule has 20 heavy (non-hydrogen) atoms. The van der Waals surface area contributed by atoms with Crippen LogP contribution in [-0.4, -0.2) is 25.0 Å². The van der Waals surface area contributed by atoms with Gasteiger partial charge in [-0.2, -0.15) is 0 Å². The van der Waals surface area contributed by atoms with Crippen LogP contribution in [0.2, 0.25) is 0 Å². The number of benzene rings is 1. The number of nitrogens with one attached hydrogen (secondary N) is 2. The highest BCUT2D eigenvalue weighted by Crippen LogP contribution is 2.17. The van der Waals surface area contributed by atoms with Crippen molar-refractivity contribution in [1.29, 1.82) is 0 Å². The van der Waals surface area contributed by atoms with E-state index in [0.29, 0.717) is 11.5 Å². The Bertz CT molecular complexity index is 395. The summed E-state index contributed by atoms with van der Waals surface area (Å²) in [5.74, 6) is 10.5. The predicted molar refractivity (Wildman–Crippen MR) is 71.3 cm³/mol. The molecule has 1 aromatic carbocycles. The fourth-order valence-corrected chi connectivity index (χ4v) is 1.30. The second-order valence-corrected chi connectivity index (χ2v) is 3.80. The van der Waals surface area contributed by atoms with Gasteiger partial charge in [0.1, 0.15) is 11.5 Å². The van der Waals surface area contributed by atoms with Crippen molar-refractivity contribution >= 4 is 11.8 Å². The summed E-state index contributed by atoms with van der Waals surface area (Å²) in [4.78, 5) is 21.8. The Morgan fingerprint density at radius 1 is 0.850 bits per heavy atom. The van der Waals surface area contributed by atoms with Crippen molar-refractivity contribution in [3.05, 3.63) is 24.3 Å². The minimum atomic E-state index is -0.289. The molecule has 0 aromatic heterocycles. The van der Waals surface area contributed by atoms with Gasteiger partial charge in [0.15, 0.2) is 0 Å². The fourth-order valence-electron chi connectivity index (χ4n) is 1.30. The highest BCUT2D eigenvalue weighted by Gasteiger charge is 2.01. The standard InChI is InChI=1S/C12H18N4O4/c13-15-11(17)5-7-19-9-1-2-10(4-3-9)20-8-6-12(18)16-14/h1-4H,5-8,13-14H2,(H,15,17)(H,16,18). The third kappa shape index (κ3) is 6.03.